The number of amides is 2. The number of benzene rings is 1. The highest BCUT2D eigenvalue weighted by atomic mass is 79.9. The van der Waals surface area contributed by atoms with Crippen molar-refractivity contribution >= 4 is 27.7 Å². The van der Waals surface area contributed by atoms with Crippen LogP contribution in [0.25, 0.3) is 0 Å². The number of nitrogens with zero attached hydrogens (tertiary/aromatic N) is 1. The number of nitrogens with two attached hydrogens (primary N) is 1. The van der Waals surface area contributed by atoms with Crippen LogP contribution in [0.3, 0.4) is 0 Å². The molecule has 0 spiro atoms. The van der Waals surface area contributed by atoms with E-state index in [0.29, 0.717) is 13.0 Å². The van der Waals surface area contributed by atoms with E-state index in [0.717, 1.165) is 22.9 Å². The molecule has 108 valence electrons. The third-order valence-corrected chi connectivity index (χ3v) is 4.34. The van der Waals surface area contributed by atoms with Gasteiger partial charge in [0.2, 0.25) is 11.8 Å². The third kappa shape index (κ3) is 3.60. The van der Waals surface area contributed by atoms with Crippen molar-refractivity contribution in [2.45, 2.75) is 32.2 Å². The molecule has 1 aromatic rings. The highest BCUT2D eigenvalue weighted by Crippen LogP contribution is 2.23. The van der Waals surface area contributed by atoms with Gasteiger partial charge >= 0.3 is 0 Å². The number of likely N-dealkylation sites (tertiary alicyclic amines) is 1. The maximum Gasteiger partial charge on any atom is 0.227 e. The fourth-order valence-electron chi connectivity index (χ4n) is 2.61. The van der Waals surface area contributed by atoms with Gasteiger partial charge in [0.15, 0.2) is 0 Å². The minimum absolute atomic E-state index is 0.0570. The Balaban J connectivity index is 2.05. The van der Waals surface area contributed by atoms with Crippen LogP contribution in [0.15, 0.2) is 28.7 Å². The summed E-state index contributed by atoms with van der Waals surface area (Å²) >= 11 is 3.40. The number of hydrogen-bond donors (Lipinski definition) is 1. The number of rotatable bonds is 3. The van der Waals surface area contributed by atoms with E-state index in [1.165, 1.54) is 0 Å². The Morgan fingerprint density at radius 1 is 1.40 bits per heavy atom. The molecule has 1 aliphatic heterocycles. The number of hydrogen-bond acceptors (Lipinski definition) is 2. The fraction of sp³-hybridized carbons (Fsp3) is 0.467. The molecule has 1 fully saturated rings. The van der Waals surface area contributed by atoms with Crippen LogP contribution >= 0.6 is 15.9 Å². The summed E-state index contributed by atoms with van der Waals surface area (Å²) in [6, 6.07) is 7.89. The van der Waals surface area contributed by atoms with E-state index in [4.69, 9.17) is 5.73 Å². The lowest BCUT2D eigenvalue weighted by Crippen LogP contribution is -2.49. The first-order valence-corrected chi connectivity index (χ1v) is 7.60. The van der Waals surface area contributed by atoms with Crippen LogP contribution in [-0.4, -0.2) is 29.3 Å². The van der Waals surface area contributed by atoms with Crippen LogP contribution in [0.4, 0.5) is 0 Å². The van der Waals surface area contributed by atoms with Crippen molar-refractivity contribution in [3.63, 3.8) is 0 Å². The first-order valence-electron chi connectivity index (χ1n) is 6.80. The van der Waals surface area contributed by atoms with E-state index in [2.05, 4.69) is 15.9 Å². The summed E-state index contributed by atoms with van der Waals surface area (Å²) in [6.07, 6.45) is 1.96. The molecular formula is C15H19BrN2O2. The number of carbonyl (C=O) groups excluding carboxylic acids is 2. The zero-order valence-corrected chi connectivity index (χ0v) is 13.1. The molecule has 2 atom stereocenters. The highest BCUT2D eigenvalue weighted by molar-refractivity contribution is 9.10. The first kappa shape index (κ1) is 15.0. The Hall–Kier alpha value is -1.36. The molecule has 0 aliphatic carbocycles. The molecule has 2 rings (SSSR count). The monoisotopic (exact) mass is 338 g/mol. The van der Waals surface area contributed by atoms with Crippen molar-refractivity contribution in [2.75, 3.05) is 6.54 Å². The van der Waals surface area contributed by atoms with Crippen molar-refractivity contribution in [1.29, 1.82) is 0 Å². The van der Waals surface area contributed by atoms with Crippen LogP contribution < -0.4 is 5.73 Å². The van der Waals surface area contributed by atoms with Crippen LogP contribution in [0.1, 0.15) is 25.3 Å². The van der Waals surface area contributed by atoms with Crippen LogP contribution in [-0.2, 0) is 16.0 Å². The SMILES string of the molecule is C[C@H]1CC[C@@H](C(N)=O)CN1C(=O)Cc1cccc(Br)c1. The number of primary amides is 1. The second-order valence-electron chi connectivity index (χ2n) is 5.38. The van der Waals surface area contributed by atoms with Crippen molar-refractivity contribution in [3.05, 3.63) is 34.3 Å². The molecule has 1 heterocycles. The summed E-state index contributed by atoms with van der Waals surface area (Å²) in [5.41, 5.74) is 6.33. The molecule has 2 amide bonds. The number of piperidine rings is 1. The van der Waals surface area contributed by atoms with Gasteiger partial charge in [0.1, 0.15) is 0 Å². The summed E-state index contributed by atoms with van der Waals surface area (Å²) in [5, 5.41) is 0. The molecule has 0 bridgehead atoms. The van der Waals surface area contributed by atoms with E-state index < -0.39 is 0 Å². The van der Waals surface area contributed by atoms with Crippen molar-refractivity contribution in [3.8, 4) is 0 Å². The third-order valence-electron chi connectivity index (χ3n) is 3.85. The van der Waals surface area contributed by atoms with E-state index in [1.54, 1.807) is 4.90 Å². The molecule has 1 saturated heterocycles. The van der Waals surface area contributed by atoms with Gasteiger partial charge in [0.05, 0.1) is 12.3 Å². The average Bonchev–Trinajstić information content (AvgIpc) is 2.38. The summed E-state index contributed by atoms with van der Waals surface area (Å²) in [5.74, 6) is -0.462. The highest BCUT2D eigenvalue weighted by Gasteiger charge is 2.31. The molecule has 4 nitrogen and oxygen atoms in total. The summed E-state index contributed by atoms with van der Waals surface area (Å²) in [4.78, 5) is 25.5. The maximum atomic E-state index is 12.4. The normalized spacial score (nSPS) is 22.6. The van der Waals surface area contributed by atoms with Gasteiger partial charge in [-0.3, -0.25) is 9.59 Å². The van der Waals surface area contributed by atoms with Crippen LogP contribution in [0.5, 0.6) is 0 Å². The van der Waals surface area contributed by atoms with E-state index >= 15 is 0 Å². The van der Waals surface area contributed by atoms with Gasteiger partial charge in [-0.05, 0) is 37.5 Å². The van der Waals surface area contributed by atoms with Crippen molar-refractivity contribution in [2.24, 2.45) is 11.7 Å². The molecule has 0 radical (unpaired) electrons. The van der Waals surface area contributed by atoms with E-state index in [-0.39, 0.29) is 23.8 Å². The fourth-order valence-corrected chi connectivity index (χ4v) is 3.06. The Morgan fingerprint density at radius 2 is 2.15 bits per heavy atom. The van der Waals surface area contributed by atoms with Gasteiger partial charge in [0.25, 0.3) is 0 Å². The standard InChI is InChI=1S/C15H19BrN2O2/c1-10-5-6-12(15(17)20)9-18(10)14(19)8-11-3-2-4-13(16)7-11/h2-4,7,10,12H,5-6,8-9H2,1H3,(H2,17,20)/t10-,12+/m0/s1. The van der Waals surface area contributed by atoms with Crippen molar-refractivity contribution in [1.82, 2.24) is 4.90 Å². The molecule has 1 aliphatic rings. The lowest BCUT2D eigenvalue weighted by molar-refractivity contribution is -0.136. The number of halogens is 1. The lowest BCUT2D eigenvalue weighted by Gasteiger charge is -2.37. The zero-order chi connectivity index (χ0) is 14.7. The van der Waals surface area contributed by atoms with E-state index in [1.807, 2.05) is 31.2 Å². The Kier molecular flexibility index (Phi) is 4.81. The maximum absolute atomic E-state index is 12.4. The topological polar surface area (TPSA) is 63.4 Å². The van der Waals surface area contributed by atoms with Crippen LogP contribution in [0, 0.1) is 5.92 Å². The molecule has 5 heteroatoms. The van der Waals surface area contributed by atoms with E-state index in [9.17, 15) is 9.59 Å². The van der Waals surface area contributed by atoms with Gasteiger partial charge in [-0.25, -0.2) is 0 Å². The Labute approximate surface area is 127 Å². The van der Waals surface area contributed by atoms with Gasteiger partial charge in [-0.2, -0.15) is 0 Å². The summed E-state index contributed by atoms with van der Waals surface area (Å²) in [6.45, 7) is 2.47. The predicted molar refractivity (Wildman–Crippen MR) is 80.9 cm³/mol. The molecule has 1 aromatic carbocycles. The van der Waals surface area contributed by atoms with Gasteiger partial charge in [-0.15, -0.1) is 0 Å². The first-order chi connectivity index (χ1) is 9.47. The second kappa shape index (κ2) is 6.39. The molecular weight excluding hydrogens is 320 g/mol. The average molecular weight is 339 g/mol. The molecule has 0 aromatic heterocycles. The smallest absolute Gasteiger partial charge is 0.227 e. The summed E-state index contributed by atoms with van der Waals surface area (Å²) < 4.78 is 0.963. The second-order valence-corrected chi connectivity index (χ2v) is 6.29. The summed E-state index contributed by atoms with van der Waals surface area (Å²) in [7, 11) is 0. The minimum atomic E-state index is -0.308. The quantitative estimate of drug-likeness (QED) is 0.917. The van der Waals surface area contributed by atoms with Gasteiger partial charge in [0, 0.05) is 17.1 Å². The molecule has 0 saturated carbocycles. The minimum Gasteiger partial charge on any atom is -0.369 e. The molecule has 2 N–H and O–H groups in total. The largest absolute Gasteiger partial charge is 0.369 e. The Morgan fingerprint density at radius 3 is 2.80 bits per heavy atom. The molecule has 0 unspecified atom stereocenters. The van der Waals surface area contributed by atoms with Gasteiger partial charge < -0.3 is 10.6 Å². The zero-order valence-electron chi connectivity index (χ0n) is 11.5. The van der Waals surface area contributed by atoms with Crippen LogP contribution in [0.2, 0.25) is 0 Å². The lowest BCUT2D eigenvalue weighted by atomic mass is 9.92. The molecule has 20 heavy (non-hydrogen) atoms. The van der Waals surface area contributed by atoms with Crippen molar-refractivity contribution < 1.29 is 9.59 Å². The predicted octanol–water partition coefficient (Wildman–Crippen LogP) is 2.10. The van der Waals surface area contributed by atoms with Gasteiger partial charge in [-0.1, -0.05) is 28.1 Å². The Bertz CT molecular complexity index is 518. The number of carbonyl (C=O) groups is 2.